The molecule has 0 aliphatic carbocycles. The Morgan fingerprint density at radius 1 is 1.33 bits per heavy atom. The molecule has 2 rings (SSSR count). The molecule has 118 valence electrons. The second-order valence-electron chi connectivity index (χ2n) is 6.53. The Bertz CT molecular complexity index is 650. The van der Waals surface area contributed by atoms with Crippen molar-refractivity contribution in [3.63, 3.8) is 0 Å². The van der Waals surface area contributed by atoms with Crippen molar-refractivity contribution in [2.45, 2.75) is 63.8 Å². The van der Waals surface area contributed by atoms with Gasteiger partial charge < -0.3 is 4.90 Å². The third-order valence-corrected chi connectivity index (χ3v) is 5.85. The van der Waals surface area contributed by atoms with E-state index < -0.39 is 10.1 Å². The van der Waals surface area contributed by atoms with Crippen LogP contribution in [0.15, 0.2) is 17.0 Å². The van der Waals surface area contributed by atoms with Crippen molar-refractivity contribution in [3.8, 4) is 0 Å². The molecule has 21 heavy (non-hydrogen) atoms. The van der Waals surface area contributed by atoms with Crippen LogP contribution in [-0.2, 0) is 15.5 Å². The van der Waals surface area contributed by atoms with Crippen molar-refractivity contribution >= 4 is 15.8 Å². The molecule has 1 N–H and O–H groups in total. The molecule has 1 aromatic rings. The molecule has 1 aromatic carbocycles. The summed E-state index contributed by atoms with van der Waals surface area (Å²) < 4.78 is 33.4. The van der Waals surface area contributed by atoms with Gasteiger partial charge in [0, 0.05) is 29.3 Å². The third-order valence-electron chi connectivity index (χ3n) is 4.81. The average Bonchev–Trinajstić information content (AvgIpc) is 2.55. The molecule has 1 aliphatic rings. The molecule has 0 radical (unpaired) electrons. The zero-order valence-electron chi connectivity index (χ0n) is 13.5. The van der Waals surface area contributed by atoms with Crippen molar-refractivity contribution < 1.29 is 13.0 Å². The maximum absolute atomic E-state index is 11.9. The Morgan fingerprint density at radius 2 is 1.95 bits per heavy atom. The van der Waals surface area contributed by atoms with Crippen LogP contribution in [0.4, 0.5) is 5.69 Å². The van der Waals surface area contributed by atoms with Crippen LogP contribution in [0.1, 0.15) is 51.7 Å². The predicted octanol–water partition coefficient (Wildman–Crippen LogP) is 3.53. The number of benzene rings is 1. The molecular formula is C16H25NO3S. The smallest absolute Gasteiger partial charge is 0.295 e. The highest BCUT2D eigenvalue weighted by molar-refractivity contribution is 7.86. The van der Waals surface area contributed by atoms with Gasteiger partial charge in [0.2, 0.25) is 0 Å². The lowest BCUT2D eigenvalue weighted by atomic mass is 9.81. The number of hydrogen-bond donors (Lipinski definition) is 1. The quantitative estimate of drug-likeness (QED) is 0.864. The molecule has 0 bridgehead atoms. The summed E-state index contributed by atoms with van der Waals surface area (Å²) in [6, 6.07) is 3.97. The van der Waals surface area contributed by atoms with Crippen LogP contribution in [0.25, 0.3) is 0 Å². The maximum Gasteiger partial charge on any atom is 0.295 e. The van der Waals surface area contributed by atoms with Crippen LogP contribution >= 0.6 is 0 Å². The van der Waals surface area contributed by atoms with Crippen molar-refractivity contribution in [1.29, 1.82) is 0 Å². The Hall–Kier alpha value is -1.07. The number of anilines is 1. The number of rotatable bonds is 4. The van der Waals surface area contributed by atoms with E-state index in [1.165, 1.54) is 0 Å². The molecule has 4 nitrogen and oxygen atoms in total. The molecule has 0 fully saturated rings. The van der Waals surface area contributed by atoms with Gasteiger partial charge in [0.15, 0.2) is 0 Å². The summed E-state index contributed by atoms with van der Waals surface area (Å²) in [6.07, 6.45) is 2.16. The fourth-order valence-electron chi connectivity index (χ4n) is 3.32. The van der Waals surface area contributed by atoms with E-state index >= 15 is 0 Å². The average molecular weight is 311 g/mol. The van der Waals surface area contributed by atoms with Crippen LogP contribution in [0.3, 0.4) is 0 Å². The number of aryl methyl sites for hydroxylation is 1. The molecule has 1 unspecified atom stereocenters. The standard InChI is InChI=1S/C16H25NO3S/c1-6-7-10-17-12(3)16(4,5)14-13(17)9-8-11(2)15(14)21(18,19)20/h8-9,12H,6-7,10H2,1-5H3,(H,18,19,20). The number of unbranched alkanes of at least 4 members (excludes halogenated alkanes) is 1. The summed E-state index contributed by atoms with van der Waals surface area (Å²) in [4.78, 5) is 2.36. The first kappa shape index (κ1) is 16.3. The summed E-state index contributed by atoms with van der Waals surface area (Å²) in [6.45, 7) is 11.0. The minimum atomic E-state index is -4.22. The number of hydrogen-bond acceptors (Lipinski definition) is 3. The van der Waals surface area contributed by atoms with Gasteiger partial charge in [0.25, 0.3) is 10.1 Å². The molecule has 0 spiro atoms. The van der Waals surface area contributed by atoms with Gasteiger partial charge in [0.1, 0.15) is 4.90 Å². The highest BCUT2D eigenvalue weighted by Gasteiger charge is 2.45. The van der Waals surface area contributed by atoms with E-state index in [2.05, 4.69) is 32.6 Å². The fourth-order valence-corrected chi connectivity index (χ4v) is 4.42. The fraction of sp³-hybridized carbons (Fsp3) is 0.625. The summed E-state index contributed by atoms with van der Waals surface area (Å²) in [7, 11) is -4.22. The Labute approximate surface area is 127 Å². The molecule has 1 heterocycles. The summed E-state index contributed by atoms with van der Waals surface area (Å²) in [5, 5.41) is 0. The summed E-state index contributed by atoms with van der Waals surface area (Å²) in [5.74, 6) is 0. The van der Waals surface area contributed by atoms with Crippen LogP contribution in [0.2, 0.25) is 0 Å². The van der Waals surface area contributed by atoms with E-state index in [0.29, 0.717) is 5.56 Å². The summed E-state index contributed by atoms with van der Waals surface area (Å²) in [5.41, 5.74) is 1.99. The Morgan fingerprint density at radius 3 is 2.48 bits per heavy atom. The van der Waals surface area contributed by atoms with Crippen molar-refractivity contribution in [3.05, 3.63) is 23.3 Å². The lowest BCUT2D eigenvalue weighted by molar-refractivity contribution is 0.428. The van der Waals surface area contributed by atoms with Gasteiger partial charge in [-0.15, -0.1) is 0 Å². The third kappa shape index (κ3) is 2.57. The monoisotopic (exact) mass is 311 g/mol. The number of nitrogens with zero attached hydrogens (tertiary/aromatic N) is 1. The molecule has 1 aliphatic heterocycles. The second-order valence-corrected chi connectivity index (χ2v) is 7.88. The zero-order valence-corrected chi connectivity index (χ0v) is 14.3. The minimum absolute atomic E-state index is 0.0934. The van der Waals surface area contributed by atoms with Crippen molar-refractivity contribution in [1.82, 2.24) is 0 Å². The molecular weight excluding hydrogens is 286 g/mol. The first-order chi connectivity index (χ1) is 9.62. The Kier molecular flexibility index (Phi) is 4.10. The van der Waals surface area contributed by atoms with Gasteiger partial charge in [-0.3, -0.25) is 4.55 Å². The van der Waals surface area contributed by atoms with Crippen LogP contribution in [0.5, 0.6) is 0 Å². The Balaban J connectivity index is 2.71. The van der Waals surface area contributed by atoms with Gasteiger partial charge >= 0.3 is 0 Å². The normalized spacial score (nSPS) is 20.7. The van der Waals surface area contributed by atoms with Gasteiger partial charge in [-0.2, -0.15) is 8.42 Å². The SMILES string of the molecule is CCCCN1c2ccc(C)c(S(=O)(=O)O)c2C(C)(C)C1C. The van der Waals surface area contributed by atoms with E-state index in [0.717, 1.165) is 30.6 Å². The molecule has 0 aromatic heterocycles. The van der Waals surface area contributed by atoms with Crippen LogP contribution < -0.4 is 4.90 Å². The van der Waals surface area contributed by atoms with Gasteiger partial charge in [-0.05, 0) is 31.9 Å². The largest absolute Gasteiger partial charge is 0.368 e. The highest BCUT2D eigenvalue weighted by atomic mass is 32.2. The molecule has 0 amide bonds. The van der Waals surface area contributed by atoms with Crippen LogP contribution in [0, 0.1) is 6.92 Å². The van der Waals surface area contributed by atoms with E-state index in [-0.39, 0.29) is 16.4 Å². The molecule has 1 atom stereocenters. The van der Waals surface area contributed by atoms with Crippen LogP contribution in [-0.4, -0.2) is 25.6 Å². The second kappa shape index (κ2) is 5.29. The van der Waals surface area contributed by atoms with E-state index in [9.17, 15) is 13.0 Å². The van der Waals surface area contributed by atoms with Crippen molar-refractivity contribution in [2.75, 3.05) is 11.4 Å². The van der Waals surface area contributed by atoms with Gasteiger partial charge in [-0.25, -0.2) is 0 Å². The minimum Gasteiger partial charge on any atom is -0.368 e. The molecule has 0 saturated carbocycles. The van der Waals surface area contributed by atoms with Crippen molar-refractivity contribution in [2.24, 2.45) is 0 Å². The van der Waals surface area contributed by atoms with Gasteiger partial charge in [0.05, 0.1) is 0 Å². The number of fused-ring (bicyclic) bond motifs is 1. The lowest BCUT2D eigenvalue weighted by Crippen LogP contribution is -2.39. The van der Waals surface area contributed by atoms with E-state index in [1.54, 1.807) is 13.0 Å². The van der Waals surface area contributed by atoms with E-state index in [4.69, 9.17) is 0 Å². The molecule has 0 saturated heterocycles. The highest BCUT2D eigenvalue weighted by Crippen LogP contribution is 2.48. The summed E-state index contributed by atoms with van der Waals surface area (Å²) >= 11 is 0. The maximum atomic E-state index is 11.9. The van der Waals surface area contributed by atoms with Gasteiger partial charge in [-0.1, -0.05) is 33.3 Å². The topological polar surface area (TPSA) is 57.6 Å². The first-order valence-corrected chi connectivity index (χ1v) is 8.94. The molecule has 5 heteroatoms. The zero-order chi connectivity index (χ0) is 16.0. The van der Waals surface area contributed by atoms with E-state index in [1.807, 2.05) is 6.07 Å². The lowest BCUT2D eigenvalue weighted by Gasteiger charge is -2.31. The first-order valence-electron chi connectivity index (χ1n) is 7.50. The predicted molar refractivity (Wildman–Crippen MR) is 85.7 cm³/mol.